The van der Waals surface area contributed by atoms with Gasteiger partial charge in [-0.2, -0.15) is 0 Å². The molecule has 2 heterocycles. The second kappa shape index (κ2) is 15.0. The van der Waals surface area contributed by atoms with Gasteiger partial charge < -0.3 is 54.7 Å². The summed E-state index contributed by atoms with van der Waals surface area (Å²) in [6, 6.07) is 0. The smallest absolute Gasteiger partial charge is 0.187 e. The lowest BCUT2D eigenvalue weighted by atomic mass is 9.98. The third-order valence-corrected chi connectivity index (χ3v) is 6.99. The molecule has 11 unspecified atom stereocenters. The van der Waals surface area contributed by atoms with Crippen LogP contribution in [0.5, 0.6) is 0 Å². The maximum Gasteiger partial charge on any atom is 0.187 e. The predicted octanol–water partition coefficient (Wildman–Crippen LogP) is 0.0447. The number of hydrogen-bond donors (Lipinski definition) is 7. The molecule has 220 valence electrons. The molecule has 11 atom stereocenters. The minimum absolute atomic E-state index is 0.120. The second-order valence-electron chi connectivity index (χ2n) is 10.6. The van der Waals surface area contributed by atoms with Crippen molar-refractivity contribution >= 4 is 0 Å². The van der Waals surface area contributed by atoms with Crippen LogP contribution in [0.25, 0.3) is 0 Å². The van der Waals surface area contributed by atoms with Gasteiger partial charge in [0.1, 0.15) is 42.7 Å². The number of allylic oxidation sites excluding steroid dienone is 3. The fourth-order valence-corrected chi connectivity index (χ4v) is 4.17. The van der Waals surface area contributed by atoms with E-state index in [-0.39, 0.29) is 13.2 Å². The van der Waals surface area contributed by atoms with Gasteiger partial charge in [0.15, 0.2) is 12.6 Å². The highest BCUT2D eigenvalue weighted by Crippen LogP contribution is 2.26. The topological polar surface area (TPSA) is 179 Å². The molecule has 38 heavy (non-hydrogen) atoms. The molecule has 2 saturated heterocycles. The van der Waals surface area contributed by atoms with E-state index in [2.05, 4.69) is 12.7 Å². The summed E-state index contributed by atoms with van der Waals surface area (Å²) in [5, 5.41) is 70.8. The Kier molecular flexibility index (Phi) is 13.0. The molecule has 0 aliphatic carbocycles. The molecular weight excluding hydrogens is 500 g/mol. The van der Waals surface area contributed by atoms with Gasteiger partial charge >= 0.3 is 0 Å². The van der Waals surface area contributed by atoms with Crippen LogP contribution >= 0.6 is 0 Å². The predicted molar refractivity (Wildman–Crippen MR) is 138 cm³/mol. The van der Waals surface area contributed by atoms with E-state index >= 15 is 0 Å². The van der Waals surface area contributed by atoms with E-state index in [1.165, 1.54) is 18.6 Å². The van der Waals surface area contributed by atoms with Gasteiger partial charge in [-0.1, -0.05) is 29.4 Å². The Labute approximate surface area is 224 Å². The molecule has 0 radical (unpaired) electrons. The van der Waals surface area contributed by atoms with Crippen LogP contribution in [0.15, 0.2) is 36.0 Å². The van der Waals surface area contributed by atoms with E-state index in [0.29, 0.717) is 6.42 Å². The van der Waals surface area contributed by atoms with Crippen molar-refractivity contribution in [2.24, 2.45) is 0 Å². The summed E-state index contributed by atoms with van der Waals surface area (Å²) in [7, 11) is 0. The quantitative estimate of drug-likeness (QED) is 0.155. The molecule has 11 heteroatoms. The lowest BCUT2D eigenvalue weighted by Gasteiger charge is -2.42. The Morgan fingerprint density at radius 3 is 2.03 bits per heavy atom. The third-order valence-electron chi connectivity index (χ3n) is 6.99. The zero-order valence-corrected chi connectivity index (χ0v) is 22.7. The van der Waals surface area contributed by atoms with Gasteiger partial charge in [0.2, 0.25) is 0 Å². The molecule has 0 spiro atoms. The van der Waals surface area contributed by atoms with Gasteiger partial charge in [-0.3, -0.25) is 0 Å². The lowest BCUT2D eigenvalue weighted by Crippen LogP contribution is -2.61. The largest absolute Gasteiger partial charge is 0.388 e. The summed E-state index contributed by atoms with van der Waals surface area (Å²) >= 11 is 0. The van der Waals surface area contributed by atoms with Gasteiger partial charge in [0.05, 0.1) is 24.9 Å². The molecule has 11 nitrogen and oxygen atoms in total. The van der Waals surface area contributed by atoms with Crippen LogP contribution in [0.3, 0.4) is 0 Å². The van der Waals surface area contributed by atoms with Crippen LogP contribution in [0, 0.1) is 0 Å². The number of aliphatic hydroxyl groups is 7. The summed E-state index contributed by atoms with van der Waals surface area (Å²) in [5.74, 6) is 0. The van der Waals surface area contributed by atoms with Gasteiger partial charge in [-0.05, 0) is 53.4 Å². The fourth-order valence-electron chi connectivity index (χ4n) is 4.17. The Hall–Kier alpha value is -1.22. The van der Waals surface area contributed by atoms with Gasteiger partial charge in [-0.25, -0.2) is 0 Å². The van der Waals surface area contributed by atoms with E-state index in [1.54, 1.807) is 6.92 Å². The molecule has 0 bridgehead atoms. The van der Waals surface area contributed by atoms with Crippen molar-refractivity contribution in [3.8, 4) is 0 Å². The highest BCUT2D eigenvalue weighted by Gasteiger charge is 2.46. The molecule has 0 aromatic carbocycles. The van der Waals surface area contributed by atoms with Crippen molar-refractivity contribution in [2.45, 2.75) is 120 Å². The Balaban J connectivity index is 1.83. The van der Waals surface area contributed by atoms with Crippen LogP contribution < -0.4 is 0 Å². The van der Waals surface area contributed by atoms with Crippen LogP contribution in [0.1, 0.15) is 53.4 Å². The summed E-state index contributed by atoms with van der Waals surface area (Å²) in [6.07, 6.45) is -4.72. The van der Waals surface area contributed by atoms with E-state index in [0.717, 1.165) is 24.8 Å². The first kappa shape index (κ1) is 33.0. The van der Waals surface area contributed by atoms with Crippen molar-refractivity contribution in [3.05, 3.63) is 36.0 Å². The summed E-state index contributed by atoms with van der Waals surface area (Å²) in [6.45, 7) is 10.5. The van der Waals surface area contributed by atoms with Crippen LogP contribution in [-0.2, 0) is 18.9 Å². The number of hydrogen-bond acceptors (Lipinski definition) is 11. The summed E-state index contributed by atoms with van der Waals surface area (Å²) in [5.41, 5.74) is 1.21. The van der Waals surface area contributed by atoms with Crippen molar-refractivity contribution in [2.75, 3.05) is 13.2 Å². The average molecular weight is 547 g/mol. The number of ether oxygens (including phenoxy) is 4. The number of rotatable bonds is 13. The van der Waals surface area contributed by atoms with E-state index in [4.69, 9.17) is 18.9 Å². The molecular formula is C27H46O11. The Bertz CT molecular complexity index is 798. The molecule has 2 fully saturated rings. The van der Waals surface area contributed by atoms with Crippen molar-refractivity contribution < 1.29 is 54.7 Å². The minimum Gasteiger partial charge on any atom is -0.388 e. The second-order valence-corrected chi connectivity index (χ2v) is 10.6. The van der Waals surface area contributed by atoms with Crippen LogP contribution in [-0.4, -0.2) is 116 Å². The zero-order chi connectivity index (χ0) is 28.6. The van der Waals surface area contributed by atoms with Crippen LogP contribution in [0.2, 0.25) is 0 Å². The lowest BCUT2D eigenvalue weighted by molar-refractivity contribution is -0.327. The van der Waals surface area contributed by atoms with Crippen LogP contribution in [0.4, 0.5) is 0 Å². The molecule has 2 aliphatic heterocycles. The first-order chi connectivity index (χ1) is 17.8. The maximum absolute atomic E-state index is 10.3. The van der Waals surface area contributed by atoms with Gasteiger partial charge in [0, 0.05) is 0 Å². The summed E-state index contributed by atoms with van der Waals surface area (Å²) in [4.78, 5) is 0. The van der Waals surface area contributed by atoms with Gasteiger partial charge in [0.25, 0.3) is 0 Å². The molecule has 0 aromatic heterocycles. The average Bonchev–Trinajstić information content (AvgIpc) is 2.87. The monoisotopic (exact) mass is 546 g/mol. The Morgan fingerprint density at radius 2 is 1.39 bits per heavy atom. The van der Waals surface area contributed by atoms with E-state index in [1.807, 2.05) is 19.9 Å². The highest BCUT2D eigenvalue weighted by atomic mass is 16.7. The Morgan fingerprint density at radius 1 is 0.816 bits per heavy atom. The fraction of sp³-hybridized carbons (Fsp3) is 0.778. The molecule has 0 aromatic rings. The third kappa shape index (κ3) is 9.46. The molecule has 0 saturated carbocycles. The van der Waals surface area contributed by atoms with E-state index < -0.39 is 67.0 Å². The molecule has 2 rings (SSSR count). The van der Waals surface area contributed by atoms with Crippen molar-refractivity contribution in [1.82, 2.24) is 0 Å². The first-order valence-electron chi connectivity index (χ1n) is 13.1. The number of aliphatic hydroxyl groups excluding tert-OH is 6. The van der Waals surface area contributed by atoms with Crippen molar-refractivity contribution in [1.29, 1.82) is 0 Å². The SMILES string of the molecule is C=CC(C)(O)CCC=C(C)CCC=C(C)COC1OC(COC2OC(C)C(O)C(O)C2O)C(O)C(O)C1O. The molecule has 7 N–H and O–H groups in total. The maximum atomic E-state index is 10.3. The zero-order valence-electron chi connectivity index (χ0n) is 22.7. The first-order valence-corrected chi connectivity index (χ1v) is 13.1. The normalized spacial score (nSPS) is 38.6. The minimum atomic E-state index is -1.56. The highest BCUT2D eigenvalue weighted by molar-refractivity contribution is 5.05. The molecule has 2 aliphatic rings. The summed E-state index contributed by atoms with van der Waals surface area (Å²) < 4.78 is 22.1. The van der Waals surface area contributed by atoms with Crippen molar-refractivity contribution in [3.63, 3.8) is 0 Å². The van der Waals surface area contributed by atoms with E-state index in [9.17, 15) is 35.7 Å². The van der Waals surface area contributed by atoms with Gasteiger partial charge in [-0.15, -0.1) is 6.58 Å². The standard InChI is InChI=1S/C27H46O11/c1-6-27(5,34)12-8-11-15(2)9-7-10-16(3)13-35-26-24(33)22(31)20(29)18(38-26)14-36-25-23(32)21(30)19(28)17(4)37-25/h6,10-11,17-26,28-34H,1,7-9,12-14H2,2-5H3. The molecule has 0 amide bonds.